The van der Waals surface area contributed by atoms with Crippen LogP contribution < -0.4 is 10.4 Å². The van der Waals surface area contributed by atoms with E-state index in [2.05, 4.69) is 0 Å². The Kier molecular flexibility index (Phi) is 4.11. The third-order valence-electron chi connectivity index (χ3n) is 3.26. The monoisotopic (exact) mass is 318 g/mol. The van der Waals surface area contributed by atoms with Crippen LogP contribution in [-0.2, 0) is 12.5 Å². The molecule has 0 bridgehead atoms. The summed E-state index contributed by atoms with van der Waals surface area (Å²) < 4.78 is 23.6. The topological polar surface area (TPSA) is 39.4 Å². The van der Waals surface area contributed by atoms with E-state index in [1.165, 1.54) is 18.2 Å². The van der Waals surface area contributed by atoms with Crippen molar-refractivity contribution in [2.75, 3.05) is 0 Å². The quantitative estimate of drug-likeness (QED) is 0.533. The second-order valence-electron chi connectivity index (χ2n) is 4.80. The second-order valence-corrected chi connectivity index (χ2v) is 5.06. The van der Waals surface area contributed by atoms with Crippen LogP contribution in [-0.4, -0.2) is 0 Å². The van der Waals surface area contributed by atoms with Crippen LogP contribution in [0.4, 0.5) is 4.39 Å². The van der Waals surface area contributed by atoms with Crippen molar-refractivity contribution >= 4 is 22.6 Å². The van der Waals surface area contributed by atoms with Gasteiger partial charge in [0.05, 0.1) is 0 Å². The van der Waals surface area contributed by atoms with E-state index in [-0.39, 0.29) is 11.7 Å². The van der Waals surface area contributed by atoms with Crippen LogP contribution >= 0.6 is 11.6 Å². The van der Waals surface area contributed by atoms with Gasteiger partial charge in [-0.25, -0.2) is 9.18 Å². The lowest BCUT2D eigenvalue weighted by atomic mass is 10.1. The van der Waals surface area contributed by atoms with Gasteiger partial charge in [-0.3, -0.25) is 0 Å². The molecule has 0 aliphatic carbocycles. The Morgan fingerprint density at radius 1 is 1.09 bits per heavy atom. The van der Waals surface area contributed by atoms with Crippen molar-refractivity contribution < 1.29 is 13.5 Å². The predicted octanol–water partition coefficient (Wildman–Crippen LogP) is 4.25. The zero-order valence-corrected chi connectivity index (χ0v) is 12.3. The number of hydrogen-bond acceptors (Lipinski definition) is 3. The van der Waals surface area contributed by atoms with Crippen LogP contribution in [0.5, 0.6) is 5.75 Å². The van der Waals surface area contributed by atoms with Gasteiger partial charge >= 0.3 is 5.63 Å². The van der Waals surface area contributed by atoms with Crippen molar-refractivity contribution in [1.82, 2.24) is 0 Å². The molecule has 22 heavy (non-hydrogen) atoms. The Morgan fingerprint density at radius 3 is 2.59 bits per heavy atom. The smallest absolute Gasteiger partial charge is 0.336 e. The minimum atomic E-state index is -0.446. The van der Waals surface area contributed by atoms with Gasteiger partial charge in [0.25, 0.3) is 0 Å². The maximum atomic E-state index is 12.8. The fourth-order valence-corrected chi connectivity index (χ4v) is 2.38. The van der Waals surface area contributed by atoms with Crippen LogP contribution in [0.25, 0.3) is 11.0 Å². The number of fused-ring (bicyclic) bond motifs is 1. The molecule has 1 aromatic heterocycles. The zero-order valence-electron chi connectivity index (χ0n) is 11.5. The number of halogens is 2. The van der Waals surface area contributed by atoms with E-state index in [1.807, 2.05) is 0 Å². The first-order valence-electron chi connectivity index (χ1n) is 6.66. The molecule has 0 fully saturated rings. The highest BCUT2D eigenvalue weighted by atomic mass is 35.5. The Labute approximate surface area is 130 Å². The average Bonchev–Trinajstić information content (AvgIpc) is 2.53. The molecular weight excluding hydrogens is 307 g/mol. The third kappa shape index (κ3) is 3.12. The molecule has 0 amide bonds. The van der Waals surface area contributed by atoms with Gasteiger partial charge < -0.3 is 9.15 Å². The van der Waals surface area contributed by atoms with Crippen molar-refractivity contribution in [3.63, 3.8) is 0 Å². The molecule has 3 rings (SSSR count). The molecule has 0 saturated carbocycles. The summed E-state index contributed by atoms with van der Waals surface area (Å²) in [5, 5.41) is 0.781. The van der Waals surface area contributed by atoms with Crippen molar-refractivity contribution in [2.24, 2.45) is 0 Å². The first-order valence-corrected chi connectivity index (χ1v) is 7.19. The molecule has 112 valence electrons. The zero-order chi connectivity index (χ0) is 15.5. The number of benzene rings is 2. The SMILES string of the molecule is O=c1cc(CCl)c2ccc(OCc3ccc(F)cc3)cc2o1. The van der Waals surface area contributed by atoms with Crippen molar-refractivity contribution in [3.05, 3.63) is 75.9 Å². The molecular formula is C17H12ClFO3. The van der Waals surface area contributed by atoms with Crippen LogP contribution in [0.1, 0.15) is 11.1 Å². The summed E-state index contributed by atoms with van der Waals surface area (Å²) in [4.78, 5) is 11.5. The Bertz CT molecular complexity index is 856. The first-order chi connectivity index (χ1) is 10.7. The Balaban J connectivity index is 1.85. The summed E-state index contributed by atoms with van der Waals surface area (Å²) >= 11 is 5.83. The molecule has 5 heteroatoms. The van der Waals surface area contributed by atoms with Gasteiger partial charge in [-0.15, -0.1) is 11.6 Å². The second kappa shape index (κ2) is 6.20. The molecule has 1 heterocycles. The van der Waals surface area contributed by atoms with E-state index in [4.69, 9.17) is 20.8 Å². The van der Waals surface area contributed by atoms with Crippen molar-refractivity contribution in [1.29, 1.82) is 0 Å². The summed E-state index contributed by atoms with van der Waals surface area (Å²) in [6, 6.07) is 12.7. The molecule has 0 unspecified atom stereocenters. The van der Waals surface area contributed by atoms with Crippen LogP contribution in [0, 0.1) is 5.82 Å². The average molecular weight is 319 g/mol. The largest absolute Gasteiger partial charge is 0.489 e. The van der Waals surface area contributed by atoms with Gasteiger partial charge in [0, 0.05) is 23.4 Å². The highest BCUT2D eigenvalue weighted by Crippen LogP contribution is 2.24. The van der Waals surface area contributed by atoms with Gasteiger partial charge in [0.2, 0.25) is 0 Å². The summed E-state index contributed by atoms with van der Waals surface area (Å²) in [6.07, 6.45) is 0. The van der Waals surface area contributed by atoms with Crippen LogP contribution in [0.15, 0.2) is 57.7 Å². The molecule has 2 aromatic carbocycles. The maximum Gasteiger partial charge on any atom is 0.336 e. The number of hydrogen-bond donors (Lipinski definition) is 0. The van der Waals surface area contributed by atoms with E-state index in [0.29, 0.717) is 17.9 Å². The van der Waals surface area contributed by atoms with Gasteiger partial charge in [-0.2, -0.15) is 0 Å². The van der Waals surface area contributed by atoms with E-state index < -0.39 is 5.63 Å². The summed E-state index contributed by atoms with van der Waals surface area (Å²) in [5.41, 5.74) is 1.55. The number of ether oxygens (including phenoxy) is 1. The van der Waals surface area contributed by atoms with Gasteiger partial charge in [-0.1, -0.05) is 12.1 Å². The van der Waals surface area contributed by atoms with E-state index >= 15 is 0 Å². The van der Waals surface area contributed by atoms with Crippen LogP contribution in [0.3, 0.4) is 0 Å². The van der Waals surface area contributed by atoms with Crippen molar-refractivity contribution in [2.45, 2.75) is 12.5 Å². The van der Waals surface area contributed by atoms with E-state index in [9.17, 15) is 9.18 Å². The molecule has 0 saturated heterocycles. The van der Waals surface area contributed by atoms with Gasteiger partial charge in [-0.05, 0) is 35.4 Å². The highest BCUT2D eigenvalue weighted by molar-refractivity contribution is 6.17. The summed E-state index contributed by atoms with van der Waals surface area (Å²) in [7, 11) is 0. The van der Waals surface area contributed by atoms with E-state index in [0.717, 1.165) is 16.5 Å². The highest BCUT2D eigenvalue weighted by Gasteiger charge is 2.06. The Morgan fingerprint density at radius 2 is 1.86 bits per heavy atom. The van der Waals surface area contributed by atoms with Crippen molar-refractivity contribution in [3.8, 4) is 5.75 Å². The molecule has 3 aromatic rings. The normalized spacial score (nSPS) is 10.8. The lowest BCUT2D eigenvalue weighted by Gasteiger charge is -2.08. The molecule has 0 aliphatic heterocycles. The molecule has 3 nitrogen and oxygen atoms in total. The molecule has 0 spiro atoms. The predicted molar refractivity (Wildman–Crippen MR) is 82.8 cm³/mol. The minimum absolute atomic E-state index is 0.234. The summed E-state index contributed by atoms with van der Waals surface area (Å²) in [5.74, 6) is 0.509. The minimum Gasteiger partial charge on any atom is -0.489 e. The van der Waals surface area contributed by atoms with Crippen LogP contribution in [0.2, 0.25) is 0 Å². The fourth-order valence-electron chi connectivity index (χ4n) is 2.16. The Hall–Kier alpha value is -2.33. The molecule has 0 aliphatic rings. The lowest BCUT2D eigenvalue weighted by molar-refractivity contribution is 0.306. The van der Waals surface area contributed by atoms with Gasteiger partial charge in [0.1, 0.15) is 23.8 Å². The van der Waals surface area contributed by atoms with Gasteiger partial charge in [0.15, 0.2) is 0 Å². The summed E-state index contributed by atoms with van der Waals surface area (Å²) in [6.45, 7) is 0.297. The van der Waals surface area contributed by atoms with E-state index in [1.54, 1.807) is 30.3 Å². The molecule has 0 radical (unpaired) electrons. The number of rotatable bonds is 4. The fraction of sp³-hybridized carbons (Fsp3) is 0.118. The maximum absolute atomic E-state index is 12.8. The standard InChI is InChI=1S/C17H12ClFO3/c18-9-12-7-17(20)22-16-8-14(5-6-15(12)16)21-10-11-1-3-13(19)4-2-11/h1-8H,9-10H2. The lowest BCUT2D eigenvalue weighted by Crippen LogP contribution is -2.00. The molecule has 0 atom stereocenters. The molecule has 0 N–H and O–H groups in total. The first kappa shape index (κ1) is 14.6. The number of alkyl halides is 1. The third-order valence-corrected chi connectivity index (χ3v) is 3.55.